The van der Waals surface area contributed by atoms with Gasteiger partial charge in [0.25, 0.3) is 5.91 Å². The van der Waals surface area contributed by atoms with Gasteiger partial charge in [-0.05, 0) is 57.4 Å². The number of nitroso groups, excluding NO2 is 1. The van der Waals surface area contributed by atoms with Crippen molar-refractivity contribution in [2.24, 2.45) is 12.2 Å². The minimum absolute atomic E-state index is 0.0239. The third kappa shape index (κ3) is 6.90. The number of rotatable bonds is 11. The van der Waals surface area contributed by atoms with Crippen LogP contribution in [0, 0.1) is 4.91 Å². The molecule has 0 fully saturated rings. The highest BCUT2D eigenvalue weighted by Crippen LogP contribution is 2.27. The number of nitrogens with zero attached hydrogens (tertiary/aromatic N) is 3. The van der Waals surface area contributed by atoms with Crippen molar-refractivity contribution in [3.63, 3.8) is 0 Å². The molecule has 2 unspecified atom stereocenters. The second-order valence-corrected chi connectivity index (χ2v) is 9.18. The fraction of sp³-hybridized carbons (Fsp3) is 0.385. The Morgan fingerprint density at radius 2 is 1.91 bits per heavy atom. The van der Waals surface area contributed by atoms with E-state index in [9.17, 15) is 14.8 Å². The summed E-state index contributed by atoms with van der Waals surface area (Å²) in [6.07, 6.45) is 2.80. The molecule has 2 atom stereocenters. The number of imidazole rings is 1. The van der Waals surface area contributed by atoms with Gasteiger partial charge in [-0.25, -0.2) is 4.98 Å². The molecule has 0 saturated heterocycles. The highest BCUT2D eigenvalue weighted by molar-refractivity contribution is 6.32. The average molecular weight is 499 g/mol. The van der Waals surface area contributed by atoms with Crippen molar-refractivity contribution in [3.8, 4) is 17.0 Å². The van der Waals surface area contributed by atoms with Crippen molar-refractivity contribution in [3.05, 3.63) is 75.5 Å². The number of amides is 1. The molecule has 9 heteroatoms. The smallest absolute Gasteiger partial charge is 0.251 e. The van der Waals surface area contributed by atoms with E-state index in [1.807, 2.05) is 51.4 Å². The van der Waals surface area contributed by atoms with Gasteiger partial charge in [0.2, 0.25) is 0 Å². The number of halogens is 1. The van der Waals surface area contributed by atoms with E-state index in [1.54, 1.807) is 29.7 Å². The first-order valence-electron chi connectivity index (χ1n) is 11.5. The van der Waals surface area contributed by atoms with Crippen LogP contribution >= 0.6 is 11.6 Å². The van der Waals surface area contributed by atoms with E-state index in [-0.39, 0.29) is 24.7 Å². The number of aliphatic hydroxyl groups excluding tert-OH is 1. The van der Waals surface area contributed by atoms with E-state index in [4.69, 9.17) is 16.3 Å². The Labute approximate surface area is 210 Å². The molecule has 1 amide bonds. The van der Waals surface area contributed by atoms with Crippen LogP contribution in [0.4, 0.5) is 0 Å². The molecule has 8 nitrogen and oxygen atoms in total. The molecule has 0 aliphatic carbocycles. The molecule has 2 N–H and O–H groups in total. The van der Waals surface area contributed by atoms with E-state index in [2.05, 4.69) is 15.5 Å². The van der Waals surface area contributed by atoms with Crippen LogP contribution in [0.2, 0.25) is 5.02 Å². The second kappa shape index (κ2) is 12.0. The van der Waals surface area contributed by atoms with E-state index >= 15 is 0 Å². The summed E-state index contributed by atoms with van der Waals surface area (Å²) < 4.78 is 7.43. The number of aromatic nitrogens is 2. The Bertz CT molecular complexity index is 1160. The lowest BCUT2D eigenvalue weighted by molar-refractivity contribution is 0.0930. The summed E-state index contributed by atoms with van der Waals surface area (Å²) in [5, 5.41) is 15.9. The molecule has 2 aromatic carbocycles. The number of nitrogens with one attached hydrogen (secondary N) is 1. The molecule has 0 spiro atoms. The quantitative estimate of drug-likeness (QED) is 0.359. The van der Waals surface area contributed by atoms with Crippen LogP contribution in [-0.2, 0) is 13.5 Å². The Morgan fingerprint density at radius 3 is 2.51 bits per heavy atom. The number of benzene rings is 2. The molecule has 1 aromatic heterocycles. The maximum absolute atomic E-state index is 12.8. The lowest BCUT2D eigenvalue weighted by Gasteiger charge is -2.19. The normalized spacial score (nSPS) is 12.9. The van der Waals surface area contributed by atoms with Crippen LogP contribution in [0.5, 0.6) is 5.75 Å². The summed E-state index contributed by atoms with van der Waals surface area (Å²) in [5.74, 6) is 0.868. The molecular formula is C26H31ClN4O4. The number of aliphatic hydroxyl groups is 1. The molecular weight excluding hydrogens is 468 g/mol. The van der Waals surface area contributed by atoms with Gasteiger partial charge in [-0.15, -0.1) is 0 Å². The van der Waals surface area contributed by atoms with Crippen LogP contribution in [-0.4, -0.2) is 39.3 Å². The van der Waals surface area contributed by atoms with Crippen molar-refractivity contribution in [1.29, 1.82) is 0 Å². The zero-order valence-electron chi connectivity index (χ0n) is 20.4. The number of ether oxygens (including phenoxy) is 1. The maximum Gasteiger partial charge on any atom is 0.251 e. The first-order chi connectivity index (χ1) is 16.7. The van der Waals surface area contributed by atoms with Gasteiger partial charge in [0, 0.05) is 37.0 Å². The fourth-order valence-electron chi connectivity index (χ4n) is 3.79. The van der Waals surface area contributed by atoms with Crippen LogP contribution in [0.1, 0.15) is 55.0 Å². The highest BCUT2D eigenvalue weighted by Gasteiger charge is 2.17. The largest absolute Gasteiger partial charge is 0.489 e. The van der Waals surface area contributed by atoms with Gasteiger partial charge in [-0.1, -0.05) is 41.0 Å². The van der Waals surface area contributed by atoms with Crippen LogP contribution in [0.15, 0.2) is 53.8 Å². The summed E-state index contributed by atoms with van der Waals surface area (Å²) in [5.41, 5.74) is 3.10. The summed E-state index contributed by atoms with van der Waals surface area (Å²) >= 11 is 6.27. The summed E-state index contributed by atoms with van der Waals surface area (Å²) in [6.45, 7) is 5.47. The predicted molar refractivity (Wildman–Crippen MR) is 137 cm³/mol. The van der Waals surface area contributed by atoms with Gasteiger partial charge in [0.15, 0.2) is 0 Å². The van der Waals surface area contributed by atoms with Gasteiger partial charge in [0.1, 0.15) is 17.6 Å². The minimum Gasteiger partial charge on any atom is -0.489 e. The third-order valence-corrected chi connectivity index (χ3v) is 5.84. The number of carbonyl (C=O) groups excluding carboxylic acids is 1. The Hall–Kier alpha value is -3.23. The zero-order chi connectivity index (χ0) is 25.5. The highest BCUT2D eigenvalue weighted by atomic mass is 35.5. The van der Waals surface area contributed by atoms with Crippen LogP contribution in [0.3, 0.4) is 0 Å². The van der Waals surface area contributed by atoms with Crippen molar-refractivity contribution < 1.29 is 14.6 Å². The van der Waals surface area contributed by atoms with Crippen LogP contribution in [0.25, 0.3) is 11.3 Å². The molecule has 35 heavy (non-hydrogen) atoms. The number of carbonyl (C=O) groups is 1. The van der Waals surface area contributed by atoms with Gasteiger partial charge in [0.05, 0.1) is 16.8 Å². The predicted octanol–water partition coefficient (Wildman–Crippen LogP) is 5.08. The Kier molecular flexibility index (Phi) is 9.01. The standard InChI is InChI=1S/C26H31ClN4O4/c1-16(2)35-24-10-9-20(14-22(24)27)26(33)28-21(11-12-32)13-18-5-7-19(8-6-18)23-15-31(4)25(29-23)17(3)30-34/h5-10,14-17,21,32H,11-13H2,1-4H3,(H,28,33). The van der Waals surface area contributed by atoms with Crippen molar-refractivity contribution >= 4 is 17.5 Å². The monoisotopic (exact) mass is 498 g/mol. The zero-order valence-corrected chi connectivity index (χ0v) is 21.1. The minimum atomic E-state index is -0.523. The number of hydrogen-bond acceptors (Lipinski definition) is 6. The van der Waals surface area contributed by atoms with Gasteiger partial charge >= 0.3 is 0 Å². The second-order valence-electron chi connectivity index (χ2n) is 8.77. The maximum atomic E-state index is 12.8. The van der Waals surface area contributed by atoms with E-state index in [0.717, 1.165) is 16.8 Å². The topological polar surface area (TPSA) is 106 Å². The number of hydrogen-bond donors (Lipinski definition) is 2. The Morgan fingerprint density at radius 1 is 1.20 bits per heavy atom. The lowest BCUT2D eigenvalue weighted by Crippen LogP contribution is -2.37. The summed E-state index contributed by atoms with van der Waals surface area (Å²) in [6, 6.07) is 12.0. The summed E-state index contributed by atoms with van der Waals surface area (Å²) in [7, 11) is 1.84. The fourth-order valence-corrected chi connectivity index (χ4v) is 4.02. The molecule has 0 bridgehead atoms. The molecule has 3 aromatic rings. The first-order valence-corrected chi connectivity index (χ1v) is 11.9. The van der Waals surface area contributed by atoms with E-state index in [1.165, 1.54) is 0 Å². The lowest BCUT2D eigenvalue weighted by atomic mass is 10.0. The van der Waals surface area contributed by atoms with Crippen molar-refractivity contribution in [2.75, 3.05) is 6.61 Å². The third-order valence-electron chi connectivity index (χ3n) is 5.55. The molecule has 1 heterocycles. The van der Waals surface area contributed by atoms with E-state index in [0.29, 0.717) is 35.0 Å². The molecule has 0 aliphatic heterocycles. The molecule has 0 saturated carbocycles. The van der Waals surface area contributed by atoms with Crippen LogP contribution < -0.4 is 10.1 Å². The molecule has 0 aliphatic rings. The molecule has 0 radical (unpaired) electrons. The first kappa shape index (κ1) is 26.4. The van der Waals surface area contributed by atoms with Gasteiger partial charge in [-0.3, -0.25) is 4.79 Å². The number of aryl methyl sites for hydroxylation is 1. The van der Waals surface area contributed by atoms with Crippen molar-refractivity contribution in [2.45, 2.75) is 51.8 Å². The van der Waals surface area contributed by atoms with Gasteiger partial charge in [-0.2, -0.15) is 4.91 Å². The SMILES string of the molecule is CC(C)Oc1ccc(C(=O)NC(CCO)Cc2ccc(-c3cn(C)c(C(C)N=O)n3)cc2)cc1Cl. The Balaban J connectivity index is 1.69. The van der Waals surface area contributed by atoms with Crippen molar-refractivity contribution in [1.82, 2.24) is 14.9 Å². The van der Waals surface area contributed by atoms with E-state index < -0.39 is 6.04 Å². The average Bonchev–Trinajstić information content (AvgIpc) is 3.21. The molecule has 3 rings (SSSR count). The summed E-state index contributed by atoms with van der Waals surface area (Å²) in [4.78, 5) is 28.2. The molecule has 186 valence electrons. The van der Waals surface area contributed by atoms with Gasteiger partial charge < -0.3 is 19.7 Å².